The molecule has 2 aromatic heterocycles. The van der Waals surface area contributed by atoms with Crippen LogP contribution in [0.2, 0.25) is 5.02 Å². The summed E-state index contributed by atoms with van der Waals surface area (Å²) in [6, 6.07) is 7.72. The molecule has 0 bridgehead atoms. The lowest BCUT2D eigenvalue weighted by atomic mass is 9.93. The lowest BCUT2D eigenvalue weighted by Crippen LogP contribution is -2.48. The van der Waals surface area contributed by atoms with E-state index in [0.29, 0.717) is 35.2 Å². The molecule has 3 aromatic rings. The third kappa shape index (κ3) is 5.12. The molecule has 2 unspecified atom stereocenters. The molecule has 160 valence electrons. The molecule has 3 heterocycles. The standard InChI is InChI=1S/C20H24ClN7O.HI/c1-14-7-9-27(12-17(14)28-10-8-23-13-28)20(22-2)24-11-18-25-19(26-29-18)15-3-5-16(21)6-4-15;/h3-6,8,10,13-14,17H,7,9,11-12H2,1-2H3,(H,22,24);1H. The maximum atomic E-state index is 5.93. The van der Waals surface area contributed by atoms with E-state index in [1.165, 1.54) is 0 Å². The maximum absolute atomic E-state index is 5.93. The Balaban J connectivity index is 0.00000256. The molecule has 0 amide bonds. The Morgan fingerprint density at radius 1 is 1.33 bits per heavy atom. The molecule has 1 aliphatic rings. The first-order chi connectivity index (χ1) is 14.1. The second kappa shape index (κ2) is 10.3. The third-order valence-electron chi connectivity index (χ3n) is 5.31. The van der Waals surface area contributed by atoms with Crippen molar-refractivity contribution in [1.82, 2.24) is 29.9 Å². The SMILES string of the molecule is CN=C(NCc1nc(-c2ccc(Cl)cc2)no1)N1CCC(C)C(n2ccnc2)C1.I. The van der Waals surface area contributed by atoms with E-state index in [1.54, 1.807) is 19.2 Å². The van der Waals surface area contributed by atoms with Crippen LogP contribution in [0.5, 0.6) is 0 Å². The summed E-state index contributed by atoms with van der Waals surface area (Å²) in [7, 11) is 1.79. The molecular weight excluding hydrogens is 517 g/mol. The number of rotatable bonds is 4. The van der Waals surface area contributed by atoms with Gasteiger partial charge in [-0.25, -0.2) is 4.98 Å². The van der Waals surface area contributed by atoms with E-state index in [2.05, 4.69) is 41.8 Å². The van der Waals surface area contributed by atoms with E-state index < -0.39 is 0 Å². The monoisotopic (exact) mass is 541 g/mol. The minimum Gasteiger partial charge on any atom is -0.347 e. The molecule has 1 fully saturated rings. The Morgan fingerprint density at radius 2 is 2.13 bits per heavy atom. The molecule has 1 N–H and O–H groups in total. The molecule has 4 rings (SSSR count). The Bertz CT molecular complexity index is 958. The summed E-state index contributed by atoms with van der Waals surface area (Å²) in [5, 5.41) is 8.07. The van der Waals surface area contributed by atoms with E-state index in [1.807, 2.05) is 30.9 Å². The Kier molecular flexibility index (Phi) is 7.70. The molecule has 0 saturated carbocycles. The van der Waals surface area contributed by atoms with Gasteiger partial charge in [0, 0.05) is 43.1 Å². The number of halogens is 2. The van der Waals surface area contributed by atoms with Crippen LogP contribution in [0, 0.1) is 5.92 Å². The number of nitrogens with zero attached hydrogens (tertiary/aromatic N) is 6. The number of likely N-dealkylation sites (tertiary alicyclic amines) is 1. The van der Waals surface area contributed by atoms with Crippen molar-refractivity contribution in [2.75, 3.05) is 20.1 Å². The fourth-order valence-corrected chi connectivity index (χ4v) is 3.75. The minimum absolute atomic E-state index is 0. The van der Waals surface area contributed by atoms with E-state index in [4.69, 9.17) is 16.1 Å². The number of guanidine groups is 1. The molecule has 2 atom stereocenters. The van der Waals surface area contributed by atoms with Gasteiger partial charge in [-0.15, -0.1) is 24.0 Å². The molecule has 1 aromatic carbocycles. The van der Waals surface area contributed by atoms with Crippen molar-refractivity contribution in [1.29, 1.82) is 0 Å². The molecule has 0 spiro atoms. The summed E-state index contributed by atoms with van der Waals surface area (Å²) in [5.74, 6) is 2.46. The highest BCUT2D eigenvalue weighted by atomic mass is 127. The number of benzene rings is 1. The molecule has 0 radical (unpaired) electrons. The van der Waals surface area contributed by atoms with Crippen molar-refractivity contribution < 1.29 is 4.52 Å². The fraction of sp³-hybridized carbons (Fsp3) is 0.400. The smallest absolute Gasteiger partial charge is 0.246 e. The van der Waals surface area contributed by atoms with E-state index in [9.17, 15) is 0 Å². The van der Waals surface area contributed by atoms with Gasteiger partial charge in [-0.1, -0.05) is 23.7 Å². The van der Waals surface area contributed by atoms with Gasteiger partial charge in [0.05, 0.1) is 18.9 Å². The van der Waals surface area contributed by atoms with Gasteiger partial charge in [-0.2, -0.15) is 4.98 Å². The van der Waals surface area contributed by atoms with Gasteiger partial charge in [-0.05, 0) is 36.6 Å². The average molecular weight is 542 g/mol. The van der Waals surface area contributed by atoms with Gasteiger partial charge >= 0.3 is 0 Å². The quantitative estimate of drug-likeness (QED) is 0.307. The Morgan fingerprint density at radius 3 is 2.83 bits per heavy atom. The predicted octanol–water partition coefficient (Wildman–Crippen LogP) is 3.86. The number of piperidine rings is 1. The van der Waals surface area contributed by atoms with Crippen LogP contribution in [0.25, 0.3) is 11.4 Å². The van der Waals surface area contributed by atoms with Crippen LogP contribution in [0.1, 0.15) is 25.3 Å². The van der Waals surface area contributed by atoms with Crippen LogP contribution in [-0.2, 0) is 6.54 Å². The van der Waals surface area contributed by atoms with Crippen molar-refractivity contribution >= 4 is 41.5 Å². The fourth-order valence-electron chi connectivity index (χ4n) is 3.62. The number of aliphatic imine (C=N–C) groups is 1. The summed E-state index contributed by atoms with van der Waals surface area (Å²) in [5.41, 5.74) is 0.863. The Hall–Kier alpha value is -2.14. The van der Waals surface area contributed by atoms with Crippen LogP contribution in [0.3, 0.4) is 0 Å². The van der Waals surface area contributed by atoms with Gasteiger partial charge in [0.25, 0.3) is 0 Å². The first kappa shape index (κ1) is 22.5. The van der Waals surface area contributed by atoms with Gasteiger partial charge in [-0.3, -0.25) is 4.99 Å². The zero-order valence-electron chi connectivity index (χ0n) is 16.9. The number of hydrogen-bond donors (Lipinski definition) is 1. The van der Waals surface area contributed by atoms with Crippen LogP contribution < -0.4 is 5.32 Å². The van der Waals surface area contributed by atoms with E-state index in [-0.39, 0.29) is 24.0 Å². The minimum atomic E-state index is 0. The highest BCUT2D eigenvalue weighted by Gasteiger charge is 2.29. The molecule has 10 heteroatoms. The van der Waals surface area contributed by atoms with E-state index >= 15 is 0 Å². The van der Waals surface area contributed by atoms with Crippen LogP contribution >= 0.6 is 35.6 Å². The summed E-state index contributed by atoms with van der Waals surface area (Å²) in [6.45, 7) is 4.52. The highest BCUT2D eigenvalue weighted by Crippen LogP contribution is 2.27. The van der Waals surface area contributed by atoms with Gasteiger partial charge < -0.3 is 19.3 Å². The number of nitrogens with one attached hydrogen (secondary N) is 1. The second-order valence-electron chi connectivity index (χ2n) is 7.21. The molecule has 1 saturated heterocycles. The van der Waals surface area contributed by atoms with Crippen LogP contribution in [0.4, 0.5) is 0 Å². The van der Waals surface area contributed by atoms with Crippen molar-refractivity contribution in [2.45, 2.75) is 25.9 Å². The van der Waals surface area contributed by atoms with Crippen molar-refractivity contribution in [2.24, 2.45) is 10.9 Å². The molecule has 8 nitrogen and oxygen atoms in total. The zero-order chi connectivity index (χ0) is 20.2. The molecule has 1 aliphatic heterocycles. The molecular formula is C20H25ClIN7O. The second-order valence-corrected chi connectivity index (χ2v) is 7.65. The first-order valence-corrected chi connectivity index (χ1v) is 10.0. The molecule has 30 heavy (non-hydrogen) atoms. The van der Waals surface area contributed by atoms with Crippen LogP contribution in [0.15, 0.2) is 52.5 Å². The normalized spacial score (nSPS) is 19.4. The summed E-state index contributed by atoms with van der Waals surface area (Å²) in [4.78, 5) is 15.4. The van der Waals surface area contributed by atoms with Crippen molar-refractivity contribution in [3.05, 3.63) is 53.9 Å². The van der Waals surface area contributed by atoms with Gasteiger partial charge in [0.1, 0.15) is 0 Å². The largest absolute Gasteiger partial charge is 0.347 e. The lowest BCUT2D eigenvalue weighted by Gasteiger charge is -2.39. The summed E-state index contributed by atoms with van der Waals surface area (Å²) < 4.78 is 7.57. The van der Waals surface area contributed by atoms with E-state index in [0.717, 1.165) is 31.0 Å². The van der Waals surface area contributed by atoms with Gasteiger partial charge in [0.15, 0.2) is 5.96 Å². The highest BCUT2D eigenvalue weighted by molar-refractivity contribution is 14.0. The van der Waals surface area contributed by atoms with Crippen molar-refractivity contribution in [3.8, 4) is 11.4 Å². The third-order valence-corrected chi connectivity index (χ3v) is 5.56. The lowest BCUT2D eigenvalue weighted by molar-refractivity contribution is 0.188. The summed E-state index contributed by atoms with van der Waals surface area (Å²) >= 11 is 5.93. The summed E-state index contributed by atoms with van der Waals surface area (Å²) in [6.07, 6.45) is 6.83. The maximum Gasteiger partial charge on any atom is 0.246 e. The number of aromatic nitrogens is 4. The number of imidazole rings is 1. The van der Waals surface area contributed by atoms with Crippen LogP contribution in [-0.4, -0.2) is 50.7 Å². The Labute approximate surface area is 197 Å². The number of hydrogen-bond acceptors (Lipinski definition) is 5. The zero-order valence-corrected chi connectivity index (χ0v) is 20.0. The van der Waals surface area contributed by atoms with Gasteiger partial charge in [0.2, 0.25) is 11.7 Å². The topological polar surface area (TPSA) is 84.4 Å². The van der Waals surface area contributed by atoms with Crippen molar-refractivity contribution in [3.63, 3.8) is 0 Å². The predicted molar refractivity (Wildman–Crippen MR) is 127 cm³/mol. The first-order valence-electron chi connectivity index (χ1n) is 9.65. The average Bonchev–Trinajstić information content (AvgIpc) is 3.42. The molecule has 0 aliphatic carbocycles.